The molecule has 0 aliphatic carbocycles. The number of hydrogen-bond donors (Lipinski definition) is 1. The van der Waals surface area contributed by atoms with Crippen LogP contribution in [0.15, 0.2) is 0 Å². The Bertz CT molecular complexity index is 451. The van der Waals surface area contributed by atoms with Gasteiger partial charge in [-0.15, -0.1) is 0 Å². The van der Waals surface area contributed by atoms with E-state index in [9.17, 15) is 0 Å². The molecule has 100 valence electrons. The van der Waals surface area contributed by atoms with Gasteiger partial charge in [0.15, 0.2) is 0 Å². The van der Waals surface area contributed by atoms with Crippen LogP contribution in [0.4, 0.5) is 0 Å². The maximum Gasteiger partial charge on any atom is 0.125 e. The first-order valence-electron chi connectivity index (χ1n) is 6.61. The lowest BCUT2D eigenvalue weighted by molar-refractivity contribution is 0.402. The largest absolute Gasteiger partial charge is 0.496 e. The van der Waals surface area contributed by atoms with Gasteiger partial charge >= 0.3 is 0 Å². The molecular weight excluding hydrogens is 246 g/mol. The fraction of sp³-hybridized carbons (Fsp3) is 0.600. The number of halogens is 1. The quantitative estimate of drug-likeness (QED) is 0.904. The molecule has 1 aromatic rings. The van der Waals surface area contributed by atoms with Crippen LogP contribution in [0.1, 0.15) is 35.1 Å². The van der Waals surface area contributed by atoms with Gasteiger partial charge in [0.1, 0.15) is 5.75 Å². The highest BCUT2D eigenvalue weighted by molar-refractivity contribution is 6.32. The summed E-state index contributed by atoms with van der Waals surface area (Å²) < 4.78 is 5.62. The van der Waals surface area contributed by atoms with Gasteiger partial charge in [-0.05, 0) is 63.3 Å². The molecule has 1 unspecified atom stereocenters. The topological polar surface area (TPSA) is 21.3 Å². The summed E-state index contributed by atoms with van der Waals surface area (Å²) in [4.78, 5) is 0. The van der Waals surface area contributed by atoms with Gasteiger partial charge in [0.05, 0.1) is 7.11 Å². The minimum atomic E-state index is 0.566. The molecule has 1 atom stereocenters. The summed E-state index contributed by atoms with van der Waals surface area (Å²) in [6.07, 6.45) is 3.52. The molecule has 0 spiro atoms. The van der Waals surface area contributed by atoms with E-state index in [0.717, 1.165) is 29.3 Å². The molecule has 1 N–H and O–H groups in total. The minimum absolute atomic E-state index is 0.566. The van der Waals surface area contributed by atoms with Gasteiger partial charge in [-0.3, -0.25) is 0 Å². The predicted molar refractivity (Wildman–Crippen MR) is 76.9 cm³/mol. The average Bonchev–Trinajstić information content (AvgIpc) is 2.87. The number of ether oxygens (including phenoxy) is 1. The summed E-state index contributed by atoms with van der Waals surface area (Å²) in [5.41, 5.74) is 4.74. The molecule has 1 aliphatic rings. The van der Waals surface area contributed by atoms with Crippen molar-refractivity contribution in [2.75, 3.05) is 13.7 Å². The van der Waals surface area contributed by atoms with Gasteiger partial charge in [-0.25, -0.2) is 0 Å². The van der Waals surface area contributed by atoms with E-state index in [0.29, 0.717) is 6.04 Å². The van der Waals surface area contributed by atoms with E-state index in [1.165, 1.54) is 29.5 Å². The number of rotatable bonds is 3. The molecule has 2 nitrogen and oxygen atoms in total. The van der Waals surface area contributed by atoms with Crippen LogP contribution in [0, 0.1) is 20.8 Å². The normalized spacial score (nSPS) is 19.3. The van der Waals surface area contributed by atoms with Crippen molar-refractivity contribution in [1.82, 2.24) is 5.32 Å². The van der Waals surface area contributed by atoms with Crippen LogP contribution in [-0.4, -0.2) is 19.7 Å². The number of methoxy groups -OCH3 is 1. The zero-order valence-electron chi connectivity index (χ0n) is 11.7. The van der Waals surface area contributed by atoms with Gasteiger partial charge in [0, 0.05) is 16.6 Å². The fourth-order valence-electron chi connectivity index (χ4n) is 2.84. The first-order chi connectivity index (χ1) is 8.56. The zero-order valence-corrected chi connectivity index (χ0v) is 12.4. The van der Waals surface area contributed by atoms with Gasteiger partial charge in [0.2, 0.25) is 0 Å². The molecule has 0 saturated carbocycles. The highest BCUT2D eigenvalue weighted by atomic mass is 35.5. The molecule has 1 fully saturated rings. The third-order valence-electron chi connectivity index (χ3n) is 4.11. The second kappa shape index (κ2) is 5.50. The molecule has 0 aromatic heterocycles. The van der Waals surface area contributed by atoms with E-state index >= 15 is 0 Å². The lowest BCUT2D eigenvalue weighted by Crippen LogP contribution is -2.24. The third-order valence-corrected chi connectivity index (χ3v) is 4.67. The Labute approximate surface area is 115 Å². The Hall–Kier alpha value is -0.730. The van der Waals surface area contributed by atoms with Crippen LogP contribution >= 0.6 is 11.6 Å². The highest BCUT2D eigenvalue weighted by Crippen LogP contribution is 2.36. The van der Waals surface area contributed by atoms with Crippen LogP contribution in [0.2, 0.25) is 5.02 Å². The van der Waals surface area contributed by atoms with Crippen molar-refractivity contribution in [2.24, 2.45) is 0 Å². The lowest BCUT2D eigenvalue weighted by atomic mass is 9.93. The SMILES string of the molecule is COc1c(C)c(C)c(Cl)c(C)c1CC1CCCN1. The van der Waals surface area contributed by atoms with Crippen molar-refractivity contribution in [1.29, 1.82) is 0 Å². The number of benzene rings is 1. The van der Waals surface area contributed by atoms with Crippen LogP contribution in [0.3, 0.4) is 0 Å². The predicted octanol–water partition coefficient (Wildman–Crippen LogP) is 3.57. The van der Waals surface area contributed by atoms with E-state index in [4.69, 9.17) is 16.3 Å². The molecule has 1 aliphatic heterocycles. The molecule has 3 heteroatoms. The standard InChI is InChI=1S/C15H22ClNO/c1-9-10(2)15(18-4)13(11(3)14(9)16)8-12-6-5-7-17-12/h12,17H,5-8H2,1-4H3. The highest BCUT2D eigenvalue weighted by Gasteiger charge is 2.21. The van der Waals surface area contributed by atoms with Crippen molar-refractivity contribution >= 4 is 11.6 Å². The maximum absolute atomic E-state index is 6.43. The summed E-state index contributed by atoms with van der Waals surface area (Å²) in [5.74, 6) is 1.02. The monoisotopic (exact) mass is 267 g/mol. The first kappa shape index (κ1) is 13.7. The van der Waals surface area contributed by atoms with E-state index in [1.807, 2.05) is 0 Å². The third kappa shape index (κ3) is 2.36. The molecule has 2 rings (SSSR count). The average molecular weight is 268 g/mol. The summed E-state index contributed by atoms with van der Waals surface area (Å²) in [6.45, 7) is 7.38. The van der Waals surface area contributed by atoms with Gasteiger partial charge < -0.3 is 10.1 Å². The Morgan fingerprint density at radius 1 is 1.22 bits per heavy atom. The fourth-order valence-corrected chi connectivity index (χ4v) is 3.10. The summed E-state index contributed by atoms with van der Waals surface area (Å²) in [5, 5.41) is 4.43. The van der Waals surface area contributed by atoms with Crippen LogP contribution in [-0.2, 0) is 6.42 Å². The van der Waals surface area contributed by atoms with E-state index in [1.54, 1.807) is 7.11 Å². The Kier molecular flexibility index (Phi) is 4.18. The summed E-state index contributed by atoms with van der Waals surface area (Å²) in [7, 11) is 1.75. The second-order valence-electron chi connectivity index (χ2n) is 5.20. The van der Waals surface area contributed by atoms with Gasteiger partial charge in [0.25, 0.3) is 0 Å². The maximum atomic E-state index is 6.43. The lowest BCUT2D eigenvalue weighted by Gasteiger charge is -2.21. The Morgan fingerprint density at radius 2 is 1.94 bits per heavy atom. The molecule has 1 saturated heterocycles. The van der Waals surface area contributed by atoms with Crippen molar-refractivity contribution in [3.63, 3.8) is 0 Å². The first-order valence-corrected chi connectivity index (χ1v) is 6.99. The second-order valence-corrected chi connectivity index (χ2v) is 5.58. The molecular formula is C15H22ClNO. The van der Waals surface area contributed by atoms with Crippen LogP contribution in [0.25, 0.3) is 0 Å². The Morgan fingerprint density at radius 3 is 2.50 bits per heavy atom. The smallest absolute Gasteiger partial charge is 0.125 e. The van der Waals surface area contributed by atoms with Crippen LogP contribution < -0.4 is 10.1 Å². The van der Waals surface area contributed by atoms with Crippen molar-refractivity contribution < 1.29 is 4.74 Å². The van der Waals surface area contributed by atoms with E-state index in [2.05, 4.69) is 26.1 Å². The summed E-state index contributed by atoms with van der Waals surface area (Å²) in [6, 6.07) is 0.566. The molecule has 1 heterocycles. The Balaban J connectivity index is 2.43. The molecule has 18 heavy (non-hydrogen) atoms. The summed E-state index contributed by atoms with van der Waals surface area (Å²) >= 11 is 6.43. The zero-order chi connectivity index (χ0) is 13.3. The van der Waals surface area contributed by atoms with Gasteiger partial charge in [-0.2, -0.15) is 0 Å². The molecule has 0 radical (unpaired) electrons. The number of nitrogens with one attached hydrogen (secondary N) is 1. The number of hydrogen-bond acceptors (Lipinski definition) is 2. The van der Waals surface area contributed by atoms with E-state index in [-0.39, 0.29) is 0 Å². The van der Waals surface area contributed by atoms with Gasteiger partial charge in [-0.1, -0.05) is 11.6 Å². The van der Waals surface area contributed by atoms with Crippen molar-refractivity contribution in [3.05, 3.63) is 27.3 Å². The molecule has 0 amide bonds. The molecule has 0 bridgehead atoms. The molecule has 1 aromatic carbocycles. The van der Waals surface area contributed by atoms with E-state index < -0.39 is 0 Å². The van der Waals surface area contributed by atoms with Crippen LogP contribution in [0.5, 0.6) is 5.75 Å². The van der Waals surface area contributed by atoms with Crippen molar-refractivity contribution in [2.45, 2.75) is 46.1 Å². The minimum Gasteiger partial charge on any atom is -0.496 e. The van der Waals surface area contributed by atoms with Crippen molar-refractivity contribution in [3.8, 4) is 5.75 Å².